The van der Waals surface area contributed by atoms with E-state index >= 15 is 0 Å². The Kier molecular flexibility index (Phi) is 3.85. The number of aromatic amines is 1. The summed E-state index contributed by atoms with van der Waals surface area (Å²) in [6, 6.07) is 0. The van der Waals surface area contributed by atoms with E-state index in [2.05, 4.69) is 25.4 Å². The lowest BCUT2D eigenvalue weighted by Crippen LogP contribution is -2.26. The van der Waals surface area contributed by atoms with Crippen molar-refractivity contribution >= 4 is 5.91 Å². The van der Waals surface area contributed by atoms with Gasteiger partial charge in [0.2, 0.25) is 5.91 Å². The Balaban J connectivity index is 1.61. The smallest absolute Gasteiger partial charge is 0.221 e. The first kappa shape index (κ1) is 11.3. The van der Waals surface area contributed by atoms with Gasteiger partial charge in [-0.25, -0.2) is 9.97 Å². The van der Waals surface area contributed by atoms with E-state index in [1.54, 1.807) is 23.4 Å². The zero-order chi connectivity index (χ0) is 11.9. The number of amides is 1. The summed E-state index contributed by atoms with van der Waals surface area (Å²) >= 11 is 0. The molecule has 2 rings (SSSR count). The maximum Gasteiger partial charge on any atom is 0.221 e. The second-order valence-electron chi connectivity index (χ2n) is 3.54. The molecule has 0 aliphatic heterocycles. The third kappa shape index (κ3) is 3.71. The molecule has 0 radical (unpaired) electrons. The Bertz CT molecular complexity index is 435. The van der Waals surface area contributed by atoms with E-state index in [0.717, 1.165) is 5.82 Å². The number of aromatic nitrogens is 5. The van der Waals surface area contributed by atoms with Crippen molar-refractivity contribution in [2.75, 3.05) is 6.54 Å². The van der Waals surface area contributed by atoms with Crippen molar-refractivity contribution in [3.8, 4) is 0 Å². The first-order valence-corrected chi connectivity index (χ1v) is 5.42. The molecule has 0 bridgehead atoms. The van der Waals surface area contributed by atoms with Crippen molar-refractivity contribution in [3.05, 3.63) is 30.9 Å². The van der Waals surface area contributed by atoms with E-state index in [-0.39, 0.29) is 5.91 Å². The summed E-state index contributed by atoms with van der Waals surface area (Å²) in [7, 11) is 0. The number of carbonyl (C=O) groups is 1. The predicted octanol–water partition coefficient (Wildman–Crippen LogP) is -0.250. The fourth-order valence-electron chi connectivity index (χ4n) is 1.41. The highest BCUT2D eigenvalue weighted by molar-refractivity contribution is 5.75. The maximum atomic E-state index is 11.5. The van der Waals surface area contributed by atoms with E-state index in [1.807, 2.05) is 0 Å². The van der Waals surface area contributed by atoms with Gasteiger partial charge in [0.25, 0.3) is 0 Å². The van der Waals surface area contributed by atoms with Crippen molar-refractivity contribution in [1.82, 2.24) is 30.0 Å². The standard InChI is InChI=1S/C10H14N6O/c17-10(2-6-16-8-11-7-15-16)14-3-1-9-12-4-5-13-9/h4-5,7-8H,1-3,6H2,(H,12,13)(H,14,17). The number of H-pyrrole nitrogens is 1. The van der Waals surface area contributed by atoms with Crippen LogP contribution in [0.1, 0.15) is 12.2 Å². The molecule has 7 nitrogen and oxygen atoms in total. The quantitative estimate of drug-likeness (QED) is 0.721. The van der Waals surface area contributed by atoms with E-state index in [9.17, 15) is 4.79 Å². The van der Waals surface area contributed by atoms with E-state index in [0.29, 0.717) is 25.9 Å². The van der Waals surface area contributed by atoms with Crippen LogP contribution in [-0.2, 0) is 17.8 Å². The highest BCUT2D eigenvalue weighted by Crippen LogP contribution is 1.90. The van der Waals surface area contributed by atoms with Gasteiger partial charge in [0.05, 0.1) is 6.54 Å². The average molecular weight is 234 g/mol. The molecule has 17 heavy (non-hydrogen) atoms. The molecule has 0 saturated carbocycles. The molecule has 0 saturated heterocycles. The normalized spacial score (nSPS) is 10.4. The Morgan fingerprint density at radius 3 is 3.18 bits per heavy atom. The summed E-state index contributed by atoms with van der Waals surface area (Å²) in [5.74, 6) is 0.883. The molecule has 0 spiro atoms. The van der Waals surface area contributed by atoms with Crippen LogP contribution < -0.4 is 5.32 Å². The Hall–Kier alpha value is -2.18. The third-order valence-electron chi connectivity index (χ3n) is 2.27. The molecule has 0 aliphatic carbocycles. The number of rotatable bonds is 6. The summed E-state index contributed by atoms with van der Waals surface area (Å²) in [6.07, 6.45) is 7.62. The number of hydrogen-bond acceptors (Lipinski definition) is 4. The number of nitrogens with zero attached hydrogens (tertiary/aromatic N) is 4. The zero-order valence-corrected chi connectivity index (χ0v) is 9.33. The van der Waals surface area contributed by atoms with Gasteiger partial charge in [0, 0.05) is 31.8 Å². The van der Waals surface area contributed by atoms with Crippen molar-refractivity contribution in [1.29, 1.82) is 0 Å². The highest BCUT2D eigenvalue weighted by atomic mass is 16.1. The van der Waals surface area contributed by atoms with E-state index in [1.165, 1.54) is 6.33 Å². The van der Waals surface area contributed by atoms with Crippen LogP contribution in [-0.4, -0.2) is 37.2 Å². The highest BCUT2D eigenvalue weighted by Gasteiger charge is 2.02. The second kappa shape index (κ2) is 5.78. The van der Waals surface area contributed by atoms with Gasteiger partial charge in [-0.2, -0.15) is 5.10 Å². The third-order valence-corrected chi connectivity index (χ3v) is 2.27. The van der Waals surface area contributed by atoms with E-state index in [4.69, 9.17) is 0 Å². The number of imidazole rings is 1. The van der Waals surface area contributed by atoms with Gasteiger partial charge in [0.1, 0.15) is 18.5 Å². The Morgan fingerprint density at radius 1 is 1.53 bits per heavy atom. The fraction of sp³-hybridized carbons (Fsp3) is 0.400. The SMILES string of the molecule is O=C(CCn1cncn1)NCCc1ncc[nH]1. The molecule has 2 aromatic rings. The number of nitrogens with one attached hydrogen (secondary N) is 2. The van der Waals surface area contributed by atoms with Gasteiger partial charge in [-0.05, 0) is 0 Å². The summed E-state index contributed by atoms with van der Waals surface area (Å²) in [4.78, 5) is 22.3. The Morgan fingerprint density at radius 2 is 2.47 bits per heavy atom. The molecular weight excluding hydrogens is 220 g/mol. The number of aryl methyl sites for hydroxylation is 1. The maximum absolute atomic E-state index is 11.5. The van der Waals surface area contributed by atoms with Gasteiger partial charge < -0.3 is 10.3 Å². The molecule has 0 aliphatic rings. The molecule has 0 atom stereocenters. The molecule has 1 amide bonds. The van der Waals surface area contributed by atoms with Crippen molar-refractivity contribution < 1.29 is 4.79 Å². The van der Waals surface area contributed by atoms with Crippen molar-refractivity contribution in [3.63, 3.8) is 0 Å². The lowest BCUT2D eigenvalue weighted by Gasteiger charge is -2.03. The number of hydrogen-bond donors (Lipinski definition) is 2. The van der Waals surface area contributed by atoms with Crippen molar-refractivity contribution in [2.24, 2.45) is 0 Å². The lowest BCUT2D eigenvalue weighted by molar-refractivity contribution is -0.121. The zero-order valence-electron chi connectivity index (χ0n) is 9.33. The van der Waals surface area contributed by atoms with Gasteiger partial charge in [-0.15, -0.1) is 0 Å². The number of carbonyl (C=O) groups excluding carboxylic acids is 1. The van der Waals surface area contributed by atoms with Gasteiger partial charge in [-0.1, -0.05) is 0 Å². The first-order valence-electron chi connectivity index (χ1n) is 5.42. The monoisotopic (exact) mass is 234 g/mol. The molecule has 2 heterocycles. The molecule has 2 aromatic heterocycles. The molecule has 2 N–H and O–H groups in total. The lowest BCUT2D eigenvalue weighted by atomic mass is 10.3. The van der Waals surface area contributed by atoms with Crippen LogP contribution in [0.3, 0.4) is 0 Å². The van der Waals surface area contributed by atoms with E-state index < -0.39 is 0 Å². The van der Waals surface area contributed by atoms with Gasteiger partial charge in [-0.3, -0.25) is 9.48 Å². The summed E-state index contributed by atoms with van der Waals surface area (Å²) in [5.41, 5.74) is 0. The topological polar surface area (TPSA) is 88.5 Å². The Labute approximate surface area is 98.3 Å². The molecule has 0 aromatic carbocycles. The molecule has 7 heteroatoms. The minimum Gasteiger partial charge on any atom is -0.356 e. The first-order chi connectivity index (χ1) is 8.34. The van der Waals surface area contributed by atoms with Crippen LogP contribution in [0.15, 0.2) is 25.0 Å². The van der Waals surface area contributed by atoms with Gasteiger partial charge in [0.15, 0.2) is 0 Å². The summed E-state index contributed by atoms with van der Waals surface area (Å²) < 4.78 is 1.63. The largest absolute Gasteiger partial charge is 0.356 e. The second-order valence-corrected chi connectivity index (χ2v) is 3.54. The van der Waals surface area contributed by atoms with Crippen LogP contribution in [0.25, 0.3) is 0 Å². The molecule has 90 valence electrons. The summed E-state index contributed by atoms with van der Waals surface area (Å²) in [6.45, 7) is 1.14. The van der Waals surface area contributed by atoms with Crippen molar-refractivity contribution in [2.45, 2.75) is 19.4 Å². The van der Waals surface area contributed by atoms with Crippen LogP contribution in [0.5, 0.6) is 0 Å². The van der Waals surface area contributed by atoms with Crippen LogP contribution >= 0.6 is 0 Å². The fourth-order valence-corrected chi connectivity index (χ4v) is 1.41. The molecular formula is C10H14N6O. The molecule has 0 fully saturated rings. The molecule has 0 unspecified atom stereocenters. The average Bonchev–Trinajstić information content (AvgIpc) is 2.99. The van der Waals surface area contributed by atoms with Crippen LogP contribution in [0.2, 0.25) is 0 Å². The summed E-state index contributed by atoms with van der Waals surface area (Å²) in [5, 5.41) is 6.74. The minimum absolute atomic E-state index is 0.00653. The van der Waals surface area contributed by atoms with Crippen LogP contribution in [0.4, 0.5) is 0 Å². The minimum atomic E-state index is 0.00653. The van der Waals surface area contributed by atoms with Crippen LogP contribution in [0, 0.1) is 0 Å². The predicted molar refractivity (Wildman–Crippen MR) is 59.9 cm³/mol. The van der Waals surface area contributed by atoms with Gasteiger partial charge >= 0.3 is 0 Å².